The lowest BCUT2D eigenvalue weighted by Gasteiger charge is -2.19. The maximum absolute atomic E-state index is 15.0. The van der Waals surface area contributed by atoms with E-state index in [1.807, 2.05) is 37.4 Å². The number of methoxy groups -OCH3 is 1. The predicted octanol–water partition coefficient (Wildman–Crippen LogP) is 4.68. The molecule has 4 aromatic rings. The molecule has 8 nitrogen and oxygen atoms in total. The minimum Gasteiger partial charge on any atom is -0.497 e. The van der Waals surface area contributed by atoms with Gasteiger partial charge in [0, 0.05) is 65.9 Å². The fourth-order valence-corrected chi connectivity index (χ4v) is 4.46. The Hall–Kier alpha value is -4.63. The van der Waals surface area contributed by atoms with Crippen LogP contribution in [0.1, 0.15) is 27.0 Å². The minimum absolute atomic E-state index is 0.131. The number of ether oxygens (including phenoxy) is 1. The zero-order valence-electron chi connectivity index (χ0n) is 22.0. The smallest absolute Gasteiger partial charge is 0.253 e. The van der Waals surface area contributed by atoms with Gasteiger partial charge < -0.3 is 20.3 Å². The van der Waals surface area contributed by atoms with E-state index in [1.54, 1.807) is 55.6 Å². The van der Waals surface area contributed by atoms with Crippen LogP contribution in [-0.2, 0) is 6.54 Å². The van der Waals surface area contributed by atoms with Crippen LogP contribution in [0.3, 0.4) is 0 Å². The molecule has 198 valence electrons. The monoisotopic (exact) mass is 524 g/mol. The van der Waals surface area contributed by atoms with Gasteiger partial charge in [0.1, 0.15) is 11.6 Å². The largest absolute Gasteiger partial charge is 0.497 e. The number of hydrogen-bond donors (Lipinski definition) is 2. The van der Waals surface area contributed by atoms with Crippen molar-refractivity contribution < 1.29 is 13.9 Å². The molecule has 1 aliphatic rings. The van der Waals surface area contributed by atoms with Gasteiger partial charge in [-0.1, -0.05) is 24.3 Å². The molecule has 1 aromatic heterocycles. The Morgan fingerprint density at radius 3 is 2.69 bits per heavy atom. The average molecular weight is 525 g/mol. The van der Waals surface area contributed by atoms with Crippen LogP contribution in [0.15, 0.2) is 77.9 Å². The van der Waals surface area contributed by atoms with E-state index in [0.29, 0.717) is 52.9 Å². The van der Waals surface area contributed by atoms with E-state index in [9.17, 15) is 4.79 Å². The third-order valence-corrected chi connectivity index (χ3v) is 6.55. The summed E-state index contributed by atoms with van der Waals surface area (Å²) in [5, 5.41) is 6.29. The van der Waals surface area contributed by atoms with E-state index < -0.39 is 0 Å². The van der Waals surface area contributed by atoms with Gasteiger partial charge in [-0.2, -0.15) is 0 Å². The molecule has 1 amide bonds. The highest BCUT2D eigenvalue weighted by molar-refractivity contribution is 6.17. The first-order valence-corrected chi connectivity index (χ1v) is 12.6. The van der Waals surface area contributed by atoms with E-state index >= 15 is 4.39 Å². The molecule has 2 heterocycles. The number of benzene rings is 3. The fraction of sp³-hybridized carbons (Fsp3) is 0.200. The summed E-state index contributed by atoms with van der Waals surface area (Å²) in [5.74, 6) is 0.588. The van der Waals surface area contributed by atoms with Gasteiger partial charge in [-0.15, -0.1) is 0 Å². The second kappa shape index (κ2) is 11.4. The number of aromatic nitrogens is 2. The van der Waals surface area contributed by atoms with Crippen LogP contribution >= 0.6 is 0 Å². The summed E-state index contributed by atoms with van der Waals surface area (Å²) in [6.07, 6.45) is 1.73. The maximum Gasteiger partial charge on any atom is 0.253 e. The number of aliphatic imine (C=N–C) groups is 1. The number of anilines is 2. The zero-order valence-corrected chi connectivity index (χ0v) is 22.0. The third kappa shape index (κ3) is 5.49. The second-order valence-corrected chi connectivity index (χ2v) is 9.16. The van der Waals surface area contributed by atoms with Crippen molar-refractivity contribution in [2.75, 3.05) is 39.6 Å². The third-order valence-electron chi connectivity index (χ3n) is 6.55. The van der Waals surface area contributed by atoms with Gasteiger partial charge in [-0.05, 0) is 43.4 Å². The van der Waals surface area contributed by atoms with Crippen LogP contribution in [0.2, 0.25) is 0 Å². The van der Waals surface area contributed by atoms with Gasteiger partial charge in [0.2, 0.25) is 5.95 Å². The number of carbonyl (C=O) groups is 1. The number of hydrogen-bond acceptors (Lipinski definition) is 7. The van der Waals surface area contributed by atoms with Crippen LogP contribution in [0, 0.1) is 5.82 Å². The van der Waals surface area contributed by atoms with Crippen molar-refractivity contribution in [2.24, 2.45) is 4.99 Å². The van der Waals surface area contributed by atoms with Crippen molar-refractivity contribution in [2.45, 2.75) is 6.54 Å². The first-order valence-electron chi connectivity index (χ1n) is 12.6. The number of amides is 1. The molecule has 0 spiro atoms. The van der Waals surface area contributed by atoms with Crippen molar-refractivity contribution in [3.05, 3.63) is 101 Å². The number of rotatable bonds is 8. The zero-order chi connectivity index (χ0) is 27.4. The minimum atomic E-state index is -0.387. The van der Waals surface area contributed by atoms with Gasteiger partial charge >= 0.3 is 0 Å². The SMILES string of the molecule is CNCCN(C)C(=O)c1ccc2c(c1)C(c1ccccc1F)=NCc1cnc(Nc3cccc(OC)c3)nc1-2. The average Bonchev–Trinajstić information content (AvgIpc) is 3.12. The van der Waals surface area contributed by atoms with E-state index in [-0.39, 0.29) is 18.3 Å². The number of carbonyl (C=O) groups excluding carboxylic acids is 1. The van der Waals surface area contributed by atoms with Gasteiger partial charge in [0.25, 0.3) is 5.91 Å². The van der Waals surface area contributed by atoms with Crippen molar-refractivity contribution in [1.29, 1.82) is 0 Å². The Morgan fingerprint density at radius 2 is 1.90 bits per heavy atom. The lowest BCUT2D eigenvalue weighted by molar-refractivity contribution is 0.0797. The van der Waals surface area contributed by atoms with Crippen molar-refractivity contribution in [3.8, 4) is 17.0 Å². The van der Waals surface area contributed by atoms with Crippen molar-refractivity contribution >= 4 is 23.3 Å². The van der Waals surface area contributed by atoms with Crippen LogP contribution in [0.25, 0.3) is 11.3 Å². The summed E-state index contributed by atoms with van der Waals surface area (Å²) in [6.45, 7) is 1.48. The lowest BCUT2D eigenvalue weighted by atomic mass is 9.93. The molecule has 0 bridgehead atoms. The second-order valence-electron chi connectivity index (χ2n) is 9.16. The van der Waals surface area contributed by atoms with Gasteiger partial charge in [-0.3, -0.25) is 9.79 Å². The van der Waals surface area contributed by atoms with Crippen LogP contribution in [0.4, 0.5) is 16.0 Å². The summed E-state index contributed by atoms with van der Waals surface area (Å²) in [4.78, 5) is 29.0. The fourth-order valence-electron chi connectivity index (χ4n) is 4.46. The summed E-state index contributed by atoms with van der Waals surface area (Å²) in [7, 11) is 5.21. The molecule has 39 heavy (non-hydrogen) atoms. The standard InChI is InChI=1S/C30H29FN6O2/c1-32-13-14-37(2)29(38)19-11-12-23-25(15-19)28(24-9-4-5-10-26(24)31)33-17-20-18-34-30(36-27(20)23)35-21-7-6-8-22(16-21)39-3/h4-12,15-16,18,32H,13-14,17H2,1-3H3,(H,34,35,36). The molecule has 5 rings (SSSR count). The summed E-state index contributed by atoms with van der Waals surface area (Å²) < 4.78 is 20.3. The number of fused-ring (bicyclic) bond motifs is 3. The first kappa shape index (κ1) is 26.0. The predicted molar refractivity (Wildman–Crippen MR) is 150 cm³/mol. The highest BCUT2D eigenvalue weighted by Crippen LogP contribution is 2.34. The molecule has 9 heteroatoms. The lowest BCUT2D eigenvalue weighted by Crippen LogP contribution is -2.32. The molecule has 2 N–H and O–H groups in total. The number of halogens is 1. The molecule has 0 aliphatic carbocycles. The highest BCUT2D eigenvalue weighted by Gasteiger charge is 2.24. The molecule has 1 aliphatic heterocycles. The van der Waals surface area contributed by atoms with Crippen LogP contribution in [0.5, 0.6) is 5.75 Å². The molecule has 0 fully saturated rings. The summed E-state index contributed by atoms with van der Waals surface area (Å²) >= 11 is 0. The Morgan fingerprint density at radius 1 is 1.05 bits per heavy atom. The Balaban J connectivity index is 1.60. The first-order chi connectivity index (χ1) is 19.0. The van der Waals surface area contributed by atoms with E-state index in [1.165, 1.54) is 6.07 Å². The molecule has 0 atom stereocenters. The molecular formula is C30H29FN6O2. The summed E-state index contributed by atoms with van der Waals surface area (Å²) in [6, 6.07) is 19.4. The normalized spacial score (nSPS) is 12.1. The van der Waals surface area contributed by atoms with E-state index in [0.717, 1.165) is 16.8 Å². The van der Waals surface area contributed by atoms with E-state index in [2.05, 4.69) is 15.6 Å². The van der Waals surface area contributed by atoms with Crippen LogP contribution < -0.4 is 15.4 Å². The van der Waals surface area contributed by atoms with E-state index in [4.69, 9.17) is 14.7 Å². The number of nitrogens with zero attached hydrogens (tertiary/aromatic N) is 4. The Bertz CT molecular complexity index is 1550. The number of likely N-dealkylation sites (N-methyl/N-ethyl adjacent to an activating group) is 2. The highest BCUT2D eigenvalue weighted by atomic mass is 19.1. The molecular weight excluding hydrogens is 495 g/mol. The Kier molecular flexibility index (Phi) is 7.60. The Labute approximate surface area is 226 Å². The molecule has 3 aromatic carbocycles. The van der Waals surface area contributed by atoms with Gasteiger partial charge in [-0.25, -0.2) is 14.4 Å². The van der Waals surface area contributed by atoms with Crippen molar-refractivity contribution in [1.82, 2.24) is 20.2 Å². The summed E-state index contributed by atoms with van der Waals surface area (Å²) in [5.41, 5.74) is 4.94. The van der Waals surface area contributed by atoms with Gasteiger partial charge in [0.05, 0.1) is 25.1 Å². The molecule has 0 saturated heterocycles. The van der Waals surface area contributed by atoms with Gasteiger partial charge in [0.15, 0.2) is 0 Å². The van der Waals surface area contributed by atoms with Crippen LogP contribution in [-0.4, -0.2) is 60.8 Å². The quantitative estimate of drug-likeness (QED) is 0.348. The maximum atomic E-state index is 15.0. The number of nitrogens with one attached hydrogen (secondary N) is 2. The molecule has 0 radical (unpaired) electrons. The topological polar surface area (TPSA) is 91.7 Å². The van der Waals surface area contributed by atoms with Crippen molar-refractivity contribution in [3.63, 3.8) is 0 Å². The molecule has 0 unspecified atom stereocenters. The molecule has 0 saturated carbocycles.